The van der Waals surface area contributed by atoms with Crippen molar-refractivity contribution in [2.24, 2.45) is 5.92 Å². The molecule has 1 aliphatic carbocycles. The number of carbonyl (C=O) groups excluding carboxylic acids is 1. The smallest absolute Gasteiger partial charge is 0.234 e. The van der Waals surface area contributed by atoms with Crippen molar-refractivity contribution in [1.82, 2.24) is 20.8 Å². The molecule has 7 heteroatoms. The Kier molecular flexibility index (Phi) is 6.30. The van der Waals surface area contributed by atoms with E-state index >= 15 is 0 Å². The molecule has 2 N–H and O–H groups in total. The molecule has 0 aliphatic heterocycles. The minimum Gasteiger partial charge on any atom is -0.348 e. The molecule has 0 bridgehead atoms. The van der Waals surface area contributed by atoms with Crippen molar-refractivity contribution in [3.05, 3.63) is 35.3 Å². The van der Waals surface area contributed by atoms with Gasteiger partial charge in [-0.2, -0.15) is 0 Å². The van der Waals surface area contributed by atoms with Gasteiger partial charge in [0.15, 0.2) is 0 Å². The van der Waals surface area contributed by atoms with Gasteiger partial charge in [0.25, 0.3) is 0 Å². The van der Waals surface area contributed by atoms with Gasteiger partial charge in [-0.25, -0.2) is 0 Å². The maximum absolute atomic E-state index is 11.7. The van der Waals surface area contributed by atoms with Crippen LogP contribution in [-0.2, 0) is 11.3 Å². The molecular formula is C15H19ClN4OS. The van der Waals surface area contributed by atoms with Gasteiger partial charge in [-0.15, -0.1) is 22.6 Å². The number of halogens is 1. The van der Waals surface area contributed by atoms with E-state index in [1.54, 1.807) is 0 Å². The minimum atomic E-state index is 0. The molecule has 5 nitrogen and oxygen atoms in total. The van der Waals surface area contributed by atoms with E-state index in [4.69, 9.17) is 0 Å². The molecule has 0 unspecified atom stereocenters. The standard InChI is InChI=1S/C15H18N4OS.ClH/c20-13(9-16-8-11-6-7-11)17-10-14-18-19-15(21-14)12-4-2-1-3-5-12;/h1-5,11,16H,6-10H2,(H,17,20);1H. The van der Waals surface area contributed by atoms with Gasteiger partial charge in [0.05, 0.1) is 13.1 Å². The molecule has 0 radical (unpaired) electrons. The Balaban J connectivity index is 0.00000176. The van der Waals surface area contributed by atoms with Gasteiger partial charge in [0, 0.05) is 5.56 Å². The van der Waals surface area contributed by atoms with Crippen molar-refractivity contribution in [3.8, 4) is 10.6 Å². The van der Waals surface area contributed by atoms with Crippen molar-refractivity contribution >= 4 is 29.7 Å². The Morgan fingerprint density at radius 3 is 2.73 bits per heavy atom. The van der Waals surface area contributed by atoms with Crippen molar-refractivity contribution < 1.29 is 4.79 Å². The summed E-state index contributed by atoms with van der Waals surface area (Å²) in [4.78, 5) is 11.7. The van der Waals surface area contributed by atoms with E-state index in [1.165, 1.54) is 24.2 Å². The summed E-state index contributed by atoms with van der Waals surface area (Å²) in [7, 11) is 0. The molecule has 1 fully saturated rings. The van der Waals surface area contributed by atoms with E-state index in [-0.39, 0.29) is 18.3 Å². The van der Waals surface area contributed by atoms with Crippen molar-refractivity contribution in [2.75, 3.05) is 13.1 Å². The van der Waals surface area contributed by atoms with Crippen LogP contribution < -0.4 is 10.6 Å². The molecule has 1 heterocycles. The highest BCUT2D eigenvalue weighted by Gasteiger charge is 2.20. The molecule has 1 saturated carbocycles. The van der Waals surface area contributed by atoms with Gasteiger partial charge in [0.2, 0.25) is 5.91 Å². The van der Waals surface area contributed by atoms with Gasteiger partial charge >= 0.3 is 0 Å². The van der Waals surface area contributed by atoms with E-state index in [0.717, 1.165) is 28.0 Å². The average molecular weight is 339 g/mol. The predicted octanol–water partition coefficient (Wildman–Crippen LogP) is 2.24. The van der Waals surface area contributed by atoms with Crippen LogP contribution in [0, 0.1) is 5.92 Å². The van der Waals surface area contributed by atoms with Crippen LogP contribution in [0.4, 0.5) is 0 Å². The van der Waals surface area contributed by atoms with Crippen LogP contribution in [0.2, 0.25) is 0 Å². The van der Waals surface area contributed by atoms with Crippen molar-refractivity contribution in [1.29, 1.82) is 0 Å². The van der Waals surface area contributed by atoms with Crippen LogP contribution in [-0.4, -0.2) is 29.2 Å². The highest BCUT2D eigenvalue weighted by Crippen LogP contribution is 2.27. The second-order valence-electron chi connectivity index (χ2n) is 5.22. The monoisotopic (exact) mass is 338 g/mol. The number of benzene rings is 1. The number of rotatable bonds is 7. The molecule has 1 aromatic heterocycles. The van der Waals surface area contributed by atoms with Crippen LogP contribution in [0.25, 0.3) is 10.6 Å². The lowest BCUT2D eigenvalue weighted by molar-refractivity contribution is -0.120. The molecule has 1 aliphatic rings. The first kappa shape index (κ1) is 16.9. The SMILES string of the molecule is Cl.O=C(CNCC1CC1)NCc1nnc(-c2ccccc2)s1. The molecule has 0 saturated heterocycles. The fraction of sp³-hybridized carbons (Fsp3) is 0.400. The summed E-state index contributed by atoms with van der Waals surface area (Å²) in [6.07, 6.45) is 2.59. The summed E-state index contributed by atoms with van der Waals surface area (Å²) in [6.45, 7) is 1.76. The van der Waals surface area contributed by atoms with E-state index in [0.29, 0.717) is 13.1 Å². The first-order valence-electron chi connectivity index (χ1n) is 7.16. The predicted molar refractivity (Wildman–Crippen MR) is 90.0 cm³/mol. The summed E-state index contributed by atoms with van der Waals surface area (Å²) < 4.78 is 0. The van der Waals surface area contributed by atoms with E-state index < -0.39 is 0 Å². The molecule has 118 valence electrons. The summed E-state index contributed by atoms with van der Waals surface area (Å²) in [5.74, 6) is 0.793. The molecule has 1 aromatic carbocycles. The molecule has 0 spiro atoms. The Labute approximate surface area is 139 Å². The Morgan fingerprint density at radius 1 is 1.23 bits per heavy atom. The second kappa shape index (κ2) is 8.22. The van der Waals surface area contributed by atoms with Gasteiger partial charge in [-0.05, 0) is 25.3 Å². The fourth-order valence-electron chi connectivity index (χ4n) is 1.97. The summed E-state index contributed by atoms with van der Waals surface area (Å²) in [5.41, 5.74) is 1.05. The fourth-order valence-corrected chi connectivity index (χ4v) is 2.76. The maximum Gasteiger partial charge on any atom is 0.234 e. The lowest BCUT2D eigenvalue weighted by Gasteiger charge is -2.04. The van der Waals surface area contributed by atoms with Gasteiger partial charge in [-0.3, -0.25) is 4.79 Å². The Hall–Kier alpha value is -1.50. The number of hydrogen-bond acceptors (Lipinski definition) is 5. The number of nitrogens with one attached hydrogen (secondary N) is 2. The normalized spacial score (nSPS) is 13.5. The zero-order chi connectivity index (χ0) is 14.5. The van der Waals surface area contributed by atoms with Crippen LogP contribution in [0.1, 0.15) is 17.8 Å². The lowest BCUT2D eigenvalue weighted by atomic mass is 10.2. The molecule has 1 amide bonds. The third-order valence-electron chi connectivity index (χ3n) is 3.34. The van der Waals surface area contributed by atoms with Crippen molar-refractivity contribution in [3.63, 3.8) is 0 Å². The van der Waals surface area contributed by atoms with Gasteiger partial charge in [0.1, 0.15) is 10.0 Å². The van der Waals surface area contributed by atoms with Crippen molar-refractivity contribution in [2.45, 2.75) is 19.4 Å². The number of hydrogen-bond donors (Lipinski definition) is 2. The molecule has 22 heavy (non-hydrogen) atoms. The minimum absolute atomic E-state index is 0. The first-order chi connectivity index (χ1) is 10.3. The van der Waals surface area contributed by atoms with Gasteiger partial charge in [-0.1, -0.05) is 41.7 Å². The first-order valence-corrected chi connectivity index (χ1v) is 7.98. The van der Waals surface area contributed by atoms with E-state index in [2.05, 4.69) is 20.8 Å². The molecule has 2 aromatic rings. The summed E-state index contributed by atoms with van der Waals surface area (Å²) >= 11 is 1.51. The van der Waals surface area contributed by atoms with E-state index in [1.807, 2.05) is 30.3 Å². The Morgan fingerprint density at radius 2 is 2.00 bits per heavy atom. The lowest BCUT2D eigenvalue weighted by Crippen LogP contribution is -2.34. The topological polar surface area (TPSA) is 66.9 Å². The van der Waals surface area contributed by atoms with E-state index in [9.17, 15) is 4.79 Å². The quantitative estimate of drug-likeness (QED) is 0.812. The highest BCUT2D eigenvalue weighted by molar-refractivity contribution is 7.14. The largest absolute Gasteiger partial charge is 0.348 e. The number of amides is 1. The average Bonchev–Trinajstić information content (AvgIpc) is 3.21. The number of nitrogens with zero attached hydrogens (tertiary/aromatic N) is 2. The highest BCUT2D eigenvalue weighted by atomic mass is 35.5. The molecular weight excluding hydrogens is 320 g/mol. The molecule has 3 rings (SSSR count). The molecule has 0 atom stereocenters. The maximum atomic E-state index is 11.7. The van der Waals surface area contributed by atoms with Crippen LogP contribution in [0.3, 0.4) is 0 Å². The van der Waals surface area contributed by atoms with Crippen LogP contribution >= 0.6 is 23.7 Å². The number of aromatic nitrogens is 2. The number of carbonyl (C=O) groups is 1. The second-order valence-corrected chi connectivity index (χ2v) is 6.28. The zero-order valence-electron chi connectivity index (χ0n) is 12.1. The van der Waals surface area contributed by atoms with Gasteiger partial charge < -0.3 is 10.6 Å². The summed E-state index contributed by atoms with van der Waals surface area (Å²) in [5, 5.41) is 16.0. The Bertz CT molecular complexity index is 601. The third-order valence-corrected chi connectivity index (χ3v) is 4.31. The van der Waals surface area contributed by atoms with Crippen LogP contribution in [0.5, 0.6) is 0 Å². The summed E-state index contributed by atoms with van der Waals surface area (Å²) in [6, 6.07) is 9.93. The van der Waals surface area contributed by atoms with Crippen LogP contribution in [0.15, 0.2) is 30.3 Å². The third kappa shape index (κ3) is 5.05. The zero-order valence-corrected chi connectivity index (χ0v) is 13.8.